The van der Waals surface area contributed by atoms with E-state index in [9.17, 15) is 9.59 Å². The maximum absolute atomic E-state index is 12.4. The lowest BCUT2D eigenvalue weighted by Gasteiger charge is -2.35. The van der Waals surface area contributed by atoms with E-state index in [0.29, 0.717) is 51.5 Å². The molecule has 9 heteroatoms. The van der Waals surface area contributed by atoms with E-state index in [4.69, 9.17) is 4.74 Å². The number of halogens is 1. The highest BCUT2D eigenvalue weighted by molar-refractivity contribution is 14.0. The van der Waals surface area contributed by atoms with Crippen LogP contribution in [-0.2, 0) is 14.3 Å². The number of ether oxygens (including phenoxy) is 1. The third-order valence-electron chi connectivity index (χ3n) is 4.83. The van der Waals surface area contributed by atoms with Crippen molar-refractivity contribution in [1.82, 2.24) is 20.4 Å². The van der Waals surface area contributed by atoms with E-state index in [1.807, 2.05) is 16.7 Å². The Labute approximate surface area is 199 Å². The van der Waals surface area contributed by atoms with Gasteiger partial charge in [-0.05, 0) is 25.7 Å². The van der Waals surface area contributed by atoms with Gasteiger partial charge in [-0.2, -0.15) is 0 Å². The standard InChI is InChI=1S/C21H41N5O3.HI/c1-5-22-21(24-11-16-29-4)23-10-8-6-7-9-19(27)25-12-14-26(15-13-25)20(28)17-18(2)3;/h18H,5-17H2,1-4H3,(H2,22,23,24);1H. The Kier molecular flexibility index (Phi) is 16.9. The first-order chi connectivity index (χ1) is 14.0. The number of carbonyl (C=O) groups excluding carboxylic acids is 2. The van der Waals surface area contributed by atoms with Crippen molar-refractivity contribution in [2.75, 3.05) is 59.5 Å². The quantitative estimate of drug-likeness (QED) is 0.172. The molecule has 1 rings (SSSR count). The molecule has 1 saturated heterocycles. The molecule has 0 atom stereocenters. The maximum Gasteiger partial charge on any atom is 0.222 e. The Morgan fingerprint density at radius 1 is 1.00 bits per heavy atom. The van der Waals surface area contributed by atoms with Crippen molar-refractivity contribution in [3.05, 3.63) is 0 Å². The summed E-state index contributed by atoms with van der Waals surface area (Å²) in [5.74, 6) is 1.60. The molecule has 0 spiro atoms. The molecule has 2 amide bonds. The SMILES string of the molecule is CCNC(=NCCCCCC(=O)N1CCN(C(=O)CC(C)C)CC1)NCCOC.I. The first-order valence-electron chi connectivity index (χ1n) is 11.0. The molecular formula is C21H42IN5O3. The lowest BCUT2D eigenvalue weighted by molar-refractivity contribution is -0.140. The average Bonchev–Trinajstić information content (AvgIpc) is 2.70. The van der Waals surface area contributed by atoms with Gasteiger partial charge in [0.15, 0.2) is 5.96 Å². The number of nitrogens with zero attached hydrogens (tertiary/aromatic N) is 3. The summed E-state index contributed by atoms with van der Waals surface area (Å²) in [6, 6.07) is 0. The van der Waals surface area contributed by atoms with Gasteiger partial charge in [-0.3, -0.25) is 14.6 Å². The van der Waals surface area contributed by atoms with E-state index < -0.39 is 0 Å². The lowest BCUT2D eigenvalue weighted by atomic mass is 10.1. The summed E-state index contributed by atoms with van der Waals surface area (Å²) in [6.45, 7) is 11.7. The number of methoxy groups -OCH3 is 1. The van der Waals surface area contributed by atoms with Crippen LogP contribution in [0.2, 0.25) is 0 Å². The molecule has 0 aromatic carbocycles. The van der Waals surface area contributed by atoms with Crippen molar-refractivity contribution < 1.29 is 14.3 Å². The molecule has 1 fully saturated rings. The van der Waals surface area contributed by atoms with Crippen molar-refractivity contribution in [3.8, 4) is 0 Å². The summed E-state index contributed by atoms with van der Waals surface area (Å²) in [7, 11) is 1.68. The molecule has 0 bridgehead atoms. The lowest BCUT2D eigenvalue weighted by Crippen LogP contribution is -2.50. The molecule has 30 heavy (non-hydrogen) atoms. The highest BCUT2D eigenvalue weighted by Gasteiger charge is 2.23. The van der Waals surface area contributed by atoms with Crippen LogP contribution in [0.3, 0.4) is 0 Å². The maximum atomic E-state index is 12.4. The highest BCUT2D eigenvalue weighted by atomic mass is 127. The van der Waals surface area contributed by atoms with Crippen LogP contribution < -0.4 is 10.6 Å². The van der Waals surface area contributed by atoms with Gasteiger partial charge in [0.1, 0.15) is 0 Å². The molecule has 0 unspecified atom stereocenters. The molecule has 176 valence electrons. The highest BCUT2D eigenvalue weighted by Crippen LogP contribution is 2.10. The Balaban J connectivity index is 0.00000841. The predicted molar refractivity (Wildman–Crippen MR) is 132 cm³/mol. The summed E-state index contributed by atoms with van der Waals surface area (Å²) >= 11 is 0. The van der Waals surface area contributed by atoms with Gasteiger partial charge < -0.3 is 25.2 Å². The molecule has 0 aliphatic carbocycles. The fourth-order valence-corrected chi connectivity index (χ4v) is 3.21. The van der Waals surface area contributed by atoms with Crippen LogP contribution in [-0.4, -0.2) is 87.1 Å². The van der Waals surface area contributed by atoms with Crippen molar-refractivity contribution in [2.45, 2.75) is 52.9 Å². The Bertz CT molecular complexity index is 509. The average molecular weight is 540 g/mol. The van der Waals surface area contributed by atoms with Crippen molar-refractivity contribution in [1.29, 1.82) is 0 Å². The zero-order valence-electron chi connectivity index (χ0n) is 19.2. The van der Waals surface area contributed by atoms with Gasteiger partial charge in [0.25, 0.3) is 0 Å². The normalized spacial score (nSPS) is 14.5. The number of nitrogens with one attached hydrogen (secondary N) is 2. The largest absolute Gasteiger partial charge is 0.383 e. The Morgan fingerprint density at radius 2 is 1.63 bits per heavy atom. The number of rotatable bonds is 12. The second-order valence-corrected chi connectivity index (χ2v) is 7.85. The van der Waals surface area contributed by atoms with Crippen LogP contribution in [0.4, 0.5) is 0 Å². The van der Waals surface area contributed by atoms with Gasteiger partial charge in [-0.1, -0.05) is 20.3 Å². The number of carbonyl (C=O) groups is 2. The predicted octanol–water partition coefficient (Wildman–Crippen LogP) is 2.08. The first-order valence-corrected chi connectivity index (χ1v) is 11.0. The van der Waals surface area contributed by atoms with Crippen molar-refractivity contribution in [3.63, 3.8) is 0 Å². The van der Waals surface area contributed by atoms with E-state index in [1.165, 1.54) is 0 Å². The monoisotopic (exact) mass is 539 g/mol. The molecule has 8 nitrogen and oxygen atoms in total. The van der Waals surface area contributed by atoms with Crippen LogP contribution in [0.1, 0.15) is 52.9 Å². The minimum absolute atomic E-state index is 0. The fourth-order valence-electron chi connectivity index (χ4n) is 3.21. The number of hydrogen-bond donors (Lipinski definition) is 2. The molecule has 0 saturated carbocycles. The summed E-state index contributed by atoms with van der Waals surface area (Å²) < 4.78 is 5.03. The van der Waals surface area contributed by atoms with E-state index in [-0.39, 0.29) is 35.8 Å². The number of guanidine groups is 1. The second-order valence-electron chi connectivity index (χ2n) is 7.85. The van der Waals surface area contributed by atoms with E-state index >= 15 is 0 Å². The van der Waals surface area contributed by atoms with Crippen LogP contribution in [0.15, 0.2) is 4.99 Å². The Hall–Kier alpha value is -1.10. The summed E-state index contributed by atoms with van der Waals surface area (Å²) in [5, 5.41) is 6.43. The van der Waals surface area contributed by atoms with Crippen LogP contribution in [0.25, 0.3) is 0 Å². The molecule has 0 radical (unpaired) electrons. The number of unbranched alkanes of at least 4 members (excludes halogenated alkanes) is 2. The molecule has 2 N–H and O–H groups in total. The zero-order chi connectivity index (χ0) is 21.5. The molecule has 1 aliphatic rings. The van der Waals surface area contributed by atoms with Crippen LogP contribution >= 0.6 is 24.0 Å². The molecular weight excluding hydrogens is 497 g/mol. The van der Waals surface area contributed by atoms with Crippen LogP contribution in [0.5, 0.6) is 0 Å². The van der Waals surface area contributed by atoms with Crippen LogP contribution in [0, 0.1) is 5.92 Å². The van der Waals surface area contributed by atoms with Crippen molar-refractivity contribution in [2.24, 2.45) is 10.9 Å². The van der Waals surface area contributed by atoms with Gasteiger partial charge in [0.2, 0.25) is 11.8 Å². The van der Waals surface area contributed by atoms with Gasteiger partial charge >= 0.3 is 0 Å². The van der Waals surface area contributed by atoms with Crippen molar-refractivity contribution >= 4 is 41.8 Å². The van der Waals surface area contributed by atoms with Gasteiger partial charge in [-0.25, -0.2) is 0 Å². The number of aliphatic imine (C=N–C) groups is 1. The summed E-state index contributed by atoms with van der Waals surface area (Å²) in [4.78, 5) is 32.8. The smallest absolute Gasteiger partial charge is 0.222 e. The molecule has 1 heterocycles. The zero-order valence-corrected chi connectivity index (χ0v) is 21.6. The van der Waals surface area contributed by atoms with Gasteiger partial charge in [0, 0.05) is 65.8 Å². The third kappa shape index (κ3) is 12.6. The van der Waals surface area contributed by atoms with Gasteiger partial charge in [0.05, 0.1) is 6.61 Å². The Morgan fingerprint density at radius 3 is 2.20 bits per heavy atom. The topological polar surface area (TPSA) is 86.3 Å². The molecule has 1 aliphatic heterocycles. The fraction of sp³-hybridized carbons (Fsp3) is 0.857. The summed E-state index contributed by atoms with van der Waals surface area (Å²) in [5.41, 5.74) is 0. The minimum Gasteiger partial charge on any atom is -0.383 e. The van der Waals surface area contributed by atoms with E-state index in [1.54, 1.807) is 7.11 Å². The first kappa shape index (κ1) is 28.9. The van der Waals surface area contributed by atoms with Gasteiger partial charge in [-0.15, -0.1) is 24.0 Å². The number of piperazine rings is 1. The second kappa shape index (κ2) is 17.6. The third-order valence-corrected chi connectivity index (χ3v) is 4.83. The van der Waals surface area contributed by atoms with E-state index in [0.717, 1.165) is 44.9 Å². The number of amides is 2. The molecule has 0 aromatic heterocycles. The van der Waals surface area contributed by atoms with E-state index in [2.05, 4.69) is 29.5 Å². The number of hydrogen-bond acceptors (Lipinski definition) is 4. The summed E-state index contributed by atoms with van der Waals surface area (Å²) in [6.07, 6.45) is 4.00. The molecule has 0 aromatic rings. The minimum atomic E-state index is 0.